The number of rotatable bonds is 7. The van der Waals surface area contributed by atoms with E-state index in [0.29, 0.717) is 18.1 Å². The number of nitrogens with one attached hydrogen (secondary N) is 1. The smallest absolute Gasteiger partial charge is 0.0616 e. The van der Waals surface area contributed by atoms with Crippen LogP contribution in [0.25, 0.3) is 0 Å². The molecule has 0 aromatic carbocycles. The van der Waals surface area contributed by atoms with Crippen molar-refractivity contribution >= 4 is 0 Å². The number of aryl methyl sites for hydroxylation is 2. The maximum Gasteiger partial charge on any atom is 0.0616 e. The maximum absolute atomic E-state index is 5.89. The Morgan fingerprint density at radius 2 is 2.30 bits per heavy atom. The third-order valence-corrected chi connectivity index (χ3v) is 4.36. The Hall–Kier alpha value is -0.870. The molecule has 20 heavy (non-hydrogen) atoms. The van der Waals surface area contributed by atoms with Crippen LogP contribution in [-0.2, 0) is 18.2 Å². The van der Waals surface area contributed by atoms with Crippen LogP contribution in [0.1, 0.15) is 44.5 Å². The van der Waals surface area contributed by atoms with Crippen molar-refractivity contribution < 1.29 is 4.74 Å². The van der Waals surface area contributed by atoms with Gasteiger partial charge in [0.25, 0.3) is 0 Å². The molecule has 0 spiro atoms. The highest BCUT2D eigenvalue weighted by atomic mass is 16.5. The van der Waals surface area contributed by atoms with Crippen molar-refractivity contribution in [2.45, 2.75) is 58.6 Å². The van der Waals surface area contributed by atoms with E-state index in [9.17, 15) is 0 Å². The molecule has 1 aliphatic heterocycles. The van der Waals surface area contributed by atoms with E-state index in [2.05, 4.69) is 37.3 Å². The lowest BCUT2D eigenvalue weighted by atomic mass is 9.88. The third kappa shape index (κ3) is 3.61. The summed E-state index contributed by atoms with van der Waals surface area (Å²) in [6, 6.07) is 2.70. The second kappa shape index (κ2) is 7.23. The van der Waals surface area contributed by atoms with E-state index in [4.69, 9.17) is 4.74 Å². The molecule has 4 heteroatoms. The molecular formula is C16H29N3O. The molecule has 0 saturated carbocycles. The fourth-order valence-electron chi connectivity index (χ4n) is 3.33. The highest BCUT2D eigenvalue weighted by Gasteiger charge is 2.33. The Morgan fingerprint density at radius 3 is 2.90 bits per heavy atom. The molecule has 0 bridgehead atoms. The topological polar surface area (TPSA) is 39.1 Å². The lowest BCUT2D eigenvalue weighted by Gasteiger charge is -2.28. The SMILES string of the molecule is CCCNC(Cc1cc(C)nn1C)C1CCOC1CC. The predicted molar refractivity (Wildman–Crippen MR) is 81.9 cm³/mol. The molecule has 1 saturated heterocycles. The normalized spacial score (nSPS) is 24.2. The number of nitrogens with zero attached hydrogens (tertiary/aromatic N) is 2. The van der Waals surface area contributed by atoms with Gasteiger partial charge in [0.2, 0.25) is 0 Å². The van der Waals surface area contributed by atoms with E-state index in [1.165, 1.54) is 18.5 Å². The summed E-state index contributed by atoms with van der Waals surface area (Å²) in [5, 5.41) is 8.21. The van der Waals surface area contributed by atoms with Crippen LogP contribution in [0.5, 0.6) is 0 Å². The van der Waals surface area contributed by atoms with Crippen molar-refractivity contribution in [2.75, 3.05) is 13.2 Å². The largest absolute Gasteiger partial charge is 0.378 e. The van der Waals surface area contributed by atoms with E-state index in [0.717, 1.165) is 31.7 Å². The van der Waals surface area contributed by atoms with Crippen LogP contribution in [-0.4, -0.2) is 35.1 Å². The molecule has 2 rings (SSSR count). The molecule has 2 heterocycles. The first-order valence-corrected chi connectivity index (χ1v) is 8.00. The van der Waals surface area contributed by atoms with E-state index in [-0.39, 0.29) is 0 Å². The van der Waals surface area contributed by atoms with Crippen molar-refractivity contribution in [1.29, 1.82) is 0 Å². The number of ether oxygens (including phenoxy) is 1. The zero-order valence-electron chi connectivity index (χ0n) is 13.4. The van der Waals surface area contributed by atoms with E-state index >= 15 is 0 Å². The van der Waals surface area contributed by atoms with E-state index in [1.54, 1.807) is 0 Å². The van der Waals surface area contributed by atoms with Crippen molar-refractivity contribution in [1.82, 2.24) is 15.1 Å². The van der Waals surface area contributed by atoms with Gasteiger partial charge in [0.05, 0.1) is 11.8 Å². The van der Waals surface area contributed by atoms with Crippen LogP contribution < -0.4 is 5.32 Å². The van der Waals surface area contributed by atoms with Gasteiger partial charge in [-0.25, -0.2) is 0 Å². The average molecular weight is 279 g/mol. The molecule has 1 fully saturated rings. The molecule has 1 aliphatic rings. The molecule has 1 N–H and O–H groups in total. The predicted octanol–water partition coefficient (Wildman–Crippen LogP) is 2.45. The minimum Gasteiger partial charge on any atom is -0.378 e. The summed E-state index contributed by atoms with van der Waals surface area (Å²) < 4.78 is 7.91. The Kier molecular flexibility index (Phi) is 5.61. The first-order chi connectivity index (χ1) is 9.65. The molecule has 4 nitrogen and oxygen atoms in total. The van der Waals surface area contributed by atoms with Gasteiger partial charge in [-0.05, 0) is 38.8 Å². The summed E-state index contributed by atoms with van der Waals surface area (Å²) >= 11 is 0. The monoisotopic (exact) mass is 279 g/mol. The van der Waals surface area contributed by atoms with Gasteiger partial charge in [-0.1, -0.05) is 13.8 Å². The average Bonchev–Trinajstić information content (AvgIpc) is 3.01. The number of hydrogen-bond acceptors (Lipinski definition) is 3. The van der Waals surface area contributed by atoms with E-state index < -0.39 is 0 Å². The Morgan fingerprint density at radius 1 is 1.50 bits per heavy atom. The zero-order valence-corrected chi connectivity index (χ0v) is 13.4. The van der Waals surface area contributed by atoms with Crippen LogP contribution in [0.15, 0.2) is 6.07 Å². The van der Waals surface area contributed by atoms with Crippen LogP contribution in [0.2, 0.25) is 0 Å². The minimum atomic E-state index is 0.415. The van der Waals surface area contributed by atoms with Crippen LogP contribution >= 0.6 is 0 Å². The van der Waals surface area contributed by atoms with Crippen LogP contribution in [0.4, 0.5) is 0 Å². The summed E-state index contributed by atoms with van der Waals surface area (Å²) in [6.07, 6.45) is 4.92. The van der Waals surface area contributed by atoms with Gasteiger partial charge >= 0.3 is 0 Å². The lowest BCUT2D eigenvalue weighted by molar-refractivity contribution is 0.0772. The zero-order chi connectivity index (χ0) is 14.5. The van der Waals surface area contributed by atoms with Crippen LogP contribution in [0, 0.1) is 12.8 Å². The molecule has 0 aliphatic carbocycles. The summed E-state index contributed by atoms with van der Waals surface area (Å²) in [6.45, 7) is 8.51. The standard InChI is InChI=1S/C16H29N3O/c1-5-8-17-15(14-7-9-20-16(14)6-2)11-13-10-12(3)18-19(13)4/h10,14-17H,5-9,11H2,1-4H3. The van der Waals surface area contributed by atoms with Gasteiger partial charge in [-0.3, -0.25) is 4.68 Å². The Labute approximate surface area is 122 Å². The van der Waals surface area contributed by atoms with Crippen molar-refractivity contribution in [3.8, 4) is 0 Å². The Bertz CT molecular complexity index is 416. The molecule has 3 unspecified atom stereocenters. The highest BCUT2D eigenvalue weighted by molar-refractivity contribution is 5.11. The van der Waals surface area contributed by atoms with Crippen LogP contribution in [0.3, 0.4) is 0 Å². The molecule has 1 aromatic rings. The van der Waals surface area contributed by atoms with Gasteiger partial charge in [0.15, 0.2) is 0 Å². The van der Waals surface area contributed by atoms with Crippen molar-refractivity contribution in [3.05, 3.63) is 17.5 Å². The van der Waals surface area contributed by atoms with Crippen molar-refractivity contribution in [3.63, 3.8) is 0 Å². The van der Waals surface area contributed by atoms with Gasteiger partial charge in [-0.2, -0.15) is 5.10 Å². The van der Waals surface area contributed by atoms with Gasteiger partial charge in [0.1, 0.15) is 0 Å². The number of hydrogen-bond donors (Lipinski definition) is 1. The molecule has 0 radical (unpaired) electrons. The van der Waals surface area contributed by atoms with E-state index in [1.807, 2.05) is 11.7 Å². The Balaban J connectivity index is 2.08. The van der Waals surface area contributed by atoms with Gasteiger partial charge in [-0.15, -0.1) is 0 Å². The molecule has 3 atom stereocenters. The minimum absolute atomic E-state index is 0.415. The summed E-state index contributed by atoms with van der Waals surface area (Å²) in [4.78, 5) is 0. The van der Waals surface area contributed by atoms with Gasteiger partial charge in [0, 0.05) is 37.7 Å². The molecular weight excluding hydrogens is 250 g/mol. The quantitative estimate of drug-likeness (QED) is 0.833. The third-order valence-electron chi connectivity index (χ3n) is 4.36. The lowest BCUT2D eigenvalue weighted by Crippen LogP contribution is -2.42. The fraction of sp³-hybridized carbons (Fsp3) is 0.812. The first-order valence-electron chi connectivity index (χ1n) is 8.00. The second-order valence-electron chi connectivity index (χ2n) is 5.94. The van der Waals surface area contributed by atoms with Crippen molar-refractivity contribution in [2.24, 2.45) is 13.0 Å². The summed E-state index contributed by atoms with van der Waals surface area (Å²) in [5.41, 5.74) is 2.42. The fourth-order valence-corrected chi connectivity index (χ4v) is 3.33. The highest BCUT2D eigenvalue weighted by Crippen LogP contribution is 2.28. The maximum atomic E-state index is 5.89. The number of aromatic nitrogens is 2. The molecule has 114 valence electrons. The molecule has 0 amide bonds. The summed E-state index contributed by atoms with van der Waals surface area (Å²) in [5.74, 6) is 0.627. The second-order valence-corrected chi connectivity index (χ2v) is 5.94. The van der Waals surface area contributed by atoms with Gasteiger partial charge < -0.3 is 10.1 Å². The first kappa shape index (κ1) is 15.5. The summed E-state index contributed by atoms with van der Waals surface area (Å²) in [7, 11) is 2.04. The molecule has 1 aromatic heterocycles.